The first kappa shape index (κ1) is 20.1. The maximum atomic E-state index is 12.7. The fraction of sp³-hybridized carbons (Fsp3) is 0.143. The monoisotopic (exact) mass is 448 g/mol. The smallest absolute Gasteiger partial charge is 0.184 e. The van der Waals surface area contributed by atoms with Gasteiger partial charge in [0.15, 0.2) is 13.9 Å². The van der Waals surface area contributed by atoms with E-state index in [1.165, 1.54) is 21.2 Å². The highest BCUT2D eigenvalue weighted by atomic mass is 28.3. The summed E-state index contributed by atoms with van der Waals surface area (Å²) in [5.74, 6) is 0.0282. The van der Waals surface area contributed by atoms with Crippen LogP contribution in [-0.4, -0.2) is 45.9 Å². The summed E-state index contributed by atoms with van der Waals surface area (Å²) < 4.78 is 5.59. The minimum Gasteiger partial charge on any atom is -0.378 e. The molecule has 162 valence electrons. The molecule has 2 heterocycles. The molecule has 0 aromatic heterocycles. The summed E-state index contributed by atoms with van der Waals surface area (Å²) in [6.07, 6.45) is 5.35. The van der Waals surface area contributed by atoms with Gasteiger partial charge in [-0.3, -0.25) is 4.79 Å². The van der Waals surface area contributed by atoms with E-state index in [2.05, 4.69) is 83.8 Å². The highest BCUT2D eigenvalue weighted by Gasteiger charge is 2.49. The van der Waals surface area contributed by atoms with E-state index in [1.807, 2.05) is 12.2 Å². The predicted octanol–water partition coefficient (Wildman–Crippen LogP) is 2.68. The van der Waals surface area contributed by atoms with Crippen molar-refractivity contribution in [3.8, 4) is 0 Å². The van der Waals surface area contributed by atoms with Crippen LogP contribution in [-0.2, 0) is 9.53 Å². The van der Waals surface area contributed by atoms with E-state index in [-0.39, 0.29) is 5.78 Å². The zero-order valence-corrected chi connectivity index (χ0v) is 19.3. The van der Waals surface area contributed by atoms with Gasteiger partial charge in [0.25, 0.3) is 0 Å². The number of aliphatic imine (C=N–C) groups is 1. The number of morpholine rings is 1. The summed E-state index contributed by atoms with van der Waals surface area (Å²) in [7, 11) is -2.75. The van der Waals surface area contributed by atoms with Gasteiger partial charge >= 0.3 is 0 Å². The molecule has 1 aliphatic carbocycles. The number of nitrogens with zero attached hydrogens (tertiary/aromatic N) is 2. The molecule has 3 aromatic rings. The Morgan fingerprint density at radius 3 is 2.15 bits per heavy atom. The second-order valence-electron chi connectivity index (χ2n) is 8.57. The van der Waals surface area contributed by atoms with E-state index >= 15 is 0 Å². The number of allylic oxidation sites excluding steroid dienone is 4. The van der Waals surface area contributed by atoms with Crippen LogP contribution in [0.25, 0.3) is 0 Å². The van der Waals surface area contributed by atoms with E-state index < -0.39 is 8.07 Å². The quantitative estimate of drug-likeness (QED) is 0.457. The normalized spacial score (nSPS) is 18.8. The highest BCUT2D eigenvalue weighted by molar-refractivity contribution is 7.19. The lowest BCUT2D eigenvalue weighted by Gasteiger charge is -2.41. The second-order valence-corrected chi connectivity index (χ2v) is 12.3. The molecule has 0 atom stereocenters. The molecule has 1 saturated heterocycles. The third kappa shape index (κ3) is 3.24. The van der Waals surface area contributed by atoms with Crippen LogP contribution in [0.3, 0.4) is 0 Å². The Bertz CT molecular complexity index is 1270. The Hall–Kier alpha value is -3.54. The molecule has 0 unspecified atom stereocenters. The number of fused-ring (bicyclic) bond motifs is 2. The van der Waals surface area contributed by atoms with Gasteiger partial charge in [0.05, 0.1) is 24.6 Å². The molecule has 4 nitrogen and oxygen atoms in total. The molecule has 0 N–H and O–H groups in total. The minimum atomic E-state index is -2.75. The van der Waals surface area contributed by atoms with Crippen LogP contribution in [0.15, 0.2) is 107 Å². The maximum absolute atomic E-state index is 12.7. The van der Waals surface area contributed by atoms with Crippen molar-refractivity contribution in [3.63, 3.8) is 0 Å². The summed E-state index contributed by atoms with van der Waals surface area (Å²) in [5, 5.41) is 4.83. The van der Waals surface area contributed by atoms with Gasteiger partial charge in [-0.15, -0.1) is 0 Å². The number of anilines is 1. The molecule has 3 aliphatic rings. The van der Waals surface area contributed by atoms with Crippen LogP contribution in [0.2, 0.25) is 0 Å². The first-order valence-electron chi connectivity index (χ1n) is 11.4. The number of ether oxygens (including phenoxy) is 1. The first-order chi connectivity index (χ1) is 16.3. The lowest BCUT2D eigenvalue weighted by molar-refractivity contribution is -0.110. The van der Waals surface area contributed by atoms with Crippen LogP contribution in [0.5, 0.6) is 0 Å². The van der Waals surface area contributed by atoms with Gasteiger partial charge in [-0.25, -0.2) is 4.99 Å². The van der Waals surface area contributed by atoms with E-state index in [1.54, 1.807) is 6.08 Å². The van der Waals surface area contributed by atoms with Gasteiger partial charge in [0.1, 0.15) is 0 Å². The molecule has 2 aliphatic heterocycles. The summed E-state index contributed by atoms with van der Waals surface area (Å²) >= 11 is 0. The SMILES string of the molecule is O=C1C=CC2=Nc3ccc(N4CCOCC4)cc3[Si](c3ccccc3)(c3ccccc3)C2=C1. The lowest BCUT2D eigenvalue weighted by atomic mass is 10.1. The number of ketones is 1. The molecule has 6 rings (SSSR count). The Labute approximate surface area is 194 Å². The van der Waals surface area contributed by atoms with Gasteiger partial charge in [-0.1, -0.05) is 60.7 Å². The number of benzene rings is 3. The molecule has 0 saturated carbocycles. The molecule has 0 radical (unpaired) electrons. The Morgan fingerprint density at radius 2 is 1.48 bits per heavy atom. The maximum Gasteiger partial charge on any atom is 0.184 e. The summed E-state index contributed by atoms with van der Waals surface area (Å²) in [4.78, 5) is 20.1. The number of carbonyl (C=O) groups excluding carboxylic acids is 1. The van der Waals surface area contributed by atoms with Crippen molar-refractivity contribution in [2.75, 3.05) is 31.2 Å². The van der Waals surface area contributed by atoms with E-state index in [9.17, 15) is 4.79 Å². The summed E-state index contributed by atoms with van der Waals surface area (Å²) in [6.45, 7) is 3.23. The third-order valence-electron chi connectivity index (χ3n) is 6.79. The summed E-state index contributed by atoms with van der Waals surface area (Å²) in [5.41, 5.74) is 3.09. The summed E-state index contributed by atoms with van der Waals surface area (Å²) in [6, 6.07) is 28.1. The van der Waals surface area contributed by atoms with Crippen LogP contribution < -0.4 is 20.5 Å². The third-order valence-corrected chi connectivity index (χ3v) is 11.6. The molecule has 0 amide bonds. The largest absolute Gasteiger partial charge is 0.378 e. The van der Waals surface area contributed by atoms with Crippen molar-refractivity contribution in [2.24, 2.45) is 4.99 Å². The van der Waals surface area contributed by atoms with Crippen molar-refractivity contribution in [1.82, 2.24) is 0 Å². The van der Waals surface area contributed by atoms with Crippen LogP contribution >= 0.6 is 0 Å². The van der Waals surface area contributed by atoms with Gasteiger partial charge in [-0.05, 0) is 57.2 Å². The highest BCUT2D eigenvalue weighted by Crippen LogP contribution is 2.33. The molecule has 33 heavy (non-hydrogen) atoms. The van der Waals surface area contributed by atoms with Crippen molar-refractivity contribution in [1.29, 1.82) is 0 Å². The fourth-order valence-electron chi connectivity index (χ4n) is 5.29. The van der Waals surface area contributed by atoms with Crippen LogP contribution in [0.4, 0.5) is 11.4 Å². The zero-order valence-electron chi connectivity index (χ0n) is 18.3. The van der Waals surface area contributed by atoms with Crippen LogP contribution in [0, 0.1) is 0 Å². The number of hydrogen-bond acceptors (Lipinski definition) is 4. The average molecular weight is 449 g/mol. The topological polar surface area (TPSA) is 41.9 Å². The molecule has 0 bridgehead atoms. The Balaban J connectivity index is 1.69. The molecule has 3 aromatic carbocycles. The van der Waals surface area contributed by atoms with E-state index in [0.717, 1.165) is 42.9 Å². The van der Waals surface area contributed by atoms with Crippen molar-refractivity contribution in [3.05, 3.63) is 102 Å². The lowest BCUT2D eigenvalue weighted by Crippen LogP contribution is -2.71. The fourth-order valence-corrected chi connectivity index (χ4v) is 10.3. The minimum absolute atomic E-state index is 0.0282. The molecular formula is C28H24N2O2Si. The number of rotatable bonds is 3. The van der Waals surface area contributed by atoms with Gasteiger partial charge in [-0.2, -0.15) is 0 Å². The van der Waals surface area contributed by atoms with Crippen molar-refractivity contribution < 1.29 is 9.53 Å². The van der Waals surface area contributed by atoms with Crippen LogP contribution in [0.1, 0.15) is 0 Å². The molecule has 0 spiro atoms. The average Bonchev–Trinajstić information content (AvgIpc) is 2.89. The van der Waals surface area contributed by atoms with Gasteiger partial charge in [0, 0.05) is 18.8 Å². The Kier molecular flexibility index (Phi) is 4.93. The molecule has 1 fully saturated rings. The van der Waals surface area contributed by atoms with E-state index in [0.29, 0.717) is 0 Å². The predicted molar refractivity (Wildman–Crippen MR) is 136 cm³/mol. The van der Waals surface area contributed by atoms with Crippen molar-refractivity contribution in [2.45, 2.75) is 0 Å². The second kappa shape index (κ2) is 8.10. The zero-order chi connectivity index (χ0) is 22.3. The molecule has 5 heteroatoms. The Morgan fingerprint density at radius 1 is 0.818 bits per heavy atom. The number of carbonyl (C=O) groups is 1. The molecular weight excluding hydrogens is 424 g/mol. The standard InChI is InChI=1S/C28H24N2O2Si/c31-22-12-14-26-28(20-22)33(23-7-3-1-4-8-23,24-9-5-2-6-10-24)27-19-21(11-13-25(27)29-26)30-15-17-32-18-16-30/h1-14,19-20H,15-18H2. The first-order valence-corrected chi connectivity index (χ1v) is 13.4. The van der Waals surface area contributed by atoms with Gasteiger partial charge in [0.2, 0.25) is 0 Å². The number of hydrogen-bond donors (Lipinski definition) is 0. The van der Waals surface area contributed by atoms with E-state index in [4.69, 9.17) is 9.73 Å². The van der Waals surface area contributed by atoms with Crippen molar-refractivity contribution >= 4 is 46.5 Å². The van der Waals surface area contributed by atoms with Gasteiger partial charge < -0.3 is 9.64 Å².